The van der Waals surface area contributed by atoms with Crippen LogP contribution in [-0.2, 0) is 0 Å². The van der Waals surface area contributed by atoms with Crippen LogP contribution in [0.3, 0.4) is 0 Å². The van der Waals surface area contributed by atoms with Crippen molar-refractivity contribution < 1.29 is 0 Å². The summed E-state index contributed by atoms with van der Waals surface area (Å²) in [5.41, 5.74) is 0.308. The highest BCUT2D eigenvalue weighted by atomic mass is 28.4. The van der Waals surface area contributed by atoms with E-state index in [1.54, 1.807) is 0 Å². The molecule has 0 amide bonds. The van der Waals surface area contributed by atoms with Crippen molar-refractivity contribution in [2.24, 2.45) is 5.41 Å². The van der Waals surface area contributed by atoms with Gasteiger partial charge < -0.3 is 19.9 Å². The molecule has 0 spiro atoms. The van der Waals surface area contributed by atoms with Crippen LogP contribution in [0.4, 0.5) is 0 Å². The van der Waals surface area contributed by atoms with Crippen LogP contribution in [-0.4, -0.2) is 36.4 Å². The Balaban J connectivity index is 4.11. The Morgan fingerprint density at radius 1 is 0.923 bits per heavy atom. The Labute approximate surface area is 83.2 Å². The van der Waals surface area contributed by atoms with Gasteiger partial charge in [-0.25, -0.2) is 0 Å². The van der Waals surface area contributed by atoms with Crippen LogP contribution in [0.15, 0.2) is 0 Å². The van der Waals surface area contributed by atoms with Crippen molar-refractivity contribution in [2.75, 3.05) is 27.7 Å². The van der Waals surface area contributed by atoms with Crippen LogP contribution in [0, 0.1) is 5.41 Å². The van der Waals surface area contributed by atoms with Crippen LogP contribution in [0.1, 0.15) is 20.8 Å². The van der Waals surface area contributed by atoms with Gasteiger partial charge in [0.05, 0.1) is 0 Å². The zero-order chi connectivity index (χ0) is 10.5. The molecule has 4 nitrogen and oxygen atoms in total. The van der Waals surface area contributed by atoms with E-state index in [1.807, 2.05) is 21.1 Å². The smallest absolute Gasteiger partial charge is 0.303 e. The number of hydrogen-bond acceptors (Lipinski definition) is 4. The number of rotatable bonds is 5. The molecule has 80 valence electrons. The topological polar surface area (TPSA) is 48.1 Å². The SMILES string of the molecule is CN[Si](NC)(NC)NCC(C)(C)C. The number of nitrogens with one attached hydrogen (secondary N) is 4. The molecule has 0 atom stereocenters. The summed E-state index contributed by atoms with van der Waals surface area (Å²) >= 11 is 0. The molecule has 0 aliphatic carbocycles. The molecule has 0 saturated carbocycles. The summed E-state index contributed by atoms with van der Waals surface area (Å²) < 4.78 is 0. The van der Waals surface area contributed by atoms with Crippen LogP contribution in [0.5, 0.6) is 0 Å². The predicted octanol–water partition coefficient (Wildman–Crippen LogP) is -0.284. The Morgan fingerprint density at radius 2 is 1.31 bits per heavy atom. The monoisotopic (exact) mass is 204 g/mol. The van der Waals surface area contributed by atoms with Crippen molar-refractivity contribution in [2.45, 2.75) is 20.8 Å². The largest absolute Gasteiger partial charge is 0.365 e. The van der Waals surface area contributed by atoms with Crippen molar-refractivity contribution in [3.05, 3.63) is 0 Å². The Kier molecular flexibility index (Phi) is 5.09. The Bertz CT molecular complexity index is 131. The van der Waals surface area contributed by atoms with E-state index >= 15 is 0 Å². The average molecular weight is 204 g/mol. The standard InChI is InChI=1S/C8H24N4Si/c1-8(2,3)7-12-13(9-4,10-5)11-6/h9-12H,7H2,1-6H3. The average Bonchev–Trinajstić information content (AvgIpc) is 2.06. The van der Waals surface area contributed by atoms with Crippen molar-refractivity contribution in [3.63, 3.8) is 0 Å². The molecule has 13 heavy (non-hydrogen) atoms. The van der Waals surface area contributed by atoms with E-state index in [0.717, 1.165) is 6.54 Å². The van der Waals surface area contributed by atoms with Crippen molar-refractivity contribution >= 4 is 8.72 Å². The van der Waals surface area contributed by atoms with Crippen LogP contribution < -0.4 is 19.9 Å². The maximum Gasteiger partial charge on any atom is 0.365 e. The first kappa shape index (κ1) is 13.1. The molecule has 0 aromatic carbocycles. The Morgan fingerprint density at radius 3 is 1.54 bits per heavy atom. The molecule has 0 aliphatic heterocycles. The van der Waals surface area contributed by atoms with Gasteiger partial charge >= 0.3 is 8.72 Å². The van der Waals surface area contributed by atoms with Gasteiger partial charge in [-0.3, -0.25) is 0 Å². The molecule has 0 aromatic rings. The van der Waals surface area contributed by atoms with Crippen LogP contribution in [0.2, 0.25) is 0 Å². The van der Waals surface area contributed by atoms with E-state index < -0.39 is 8.72 Å². The minimum absolute atomic E-state index is 0.308. The van der Waals surface area contributed by atoms with Crippen molar-refractivity contribution in [3.8, 4) is 0 Å². The lowest BCUT2D eigenvalue weighted by molar-refractivity contribution is 0.404. The summed E-state index contributed by atoms with van der Waals surface area (Å²) in [7, 11) is 4.07. The maximum absolute atomic E-state index is 3.53. The first-order valence-electron chi connectivity index (χ1n) is 4.71. The first-order chi connectivity index (χ1) is 5.89. The third-order valence-electron chi connectivity index (χ3n) is 2.01. The molecule has 0 unspecified atom stereocenters. The van der Waals surface area contributed by atoms with E-state index in [0.29, 0.717) is 5.41 Å². The number of hydrogen-bond donors (Lipinski definition) is 4. The van der Waals surface area contributed by atoms with E-state index in [4.69, 9.17) is 0 Å². The molecule has 0 aliphatic rings. The summed E-state index contributed by atoms with van der Waals surface area (Å²) in [5.74, 6) is 0. The Hall–Kier alpha value is 0.0569. The fourth-order valence-electron chi connectivity index (χ4n) is 1.04. The second-order valence-electron chi connectivity index (χ2n) is 4.41. The molecule has 0 aromatic heterocycles. The molecule has 4 N–H and O–H groups in total. The molecule has 5 heteroatoms. The van der Waals surface area contributed by atoms with Gasteiger partial charge in [-0.05, 0) is 33.1 Å². The fraction of sp³-hybridized carbons (Fsp3) is 1.00. The van der Waals surface area contributed by atoms with Gasteiger partial charge in [0.1, 0.15) is 0 Å². The van der Waals surface area contributed by atoms with Crippen molar-refractivity contribution in [1.82, 2.24) is 19.9 Å². The van der Waals surface area contributed by atoms with Crippen LogP contribution >= 0.6 is 0 Å². The second kappa shape index (κ2) is 5.07. The lowest BCUT2D eigenvalue weighted by atomic mass is 9.98. The molecule has 0 bridgehead atoms. The van der Waals surface area contributed by atoms with Gasteiger partial charge in [-0.1, -0.05) is 20.8 Å². The molecule has 0 saturated heterocycles. The minimum atomic E-state index is -1.83. The van der Waals surface area contributed by atoms with E-state index in [1.165, 1.54) is 0 Å². The third-order valence-corrected chi connectivity index (χ3v) is 4.97. The van der Waals surface area contributed by atoms with Gasteiger partial charge in [-0.15, -0.1) is 0 Å². The normalized spacial score (nSPS) is 13.4. The highest BCUT2D eigenvalue weighted by molar-refractivity contribution is 6.69. The molecule has 0 radical (unpaired) electrons. The molecular formula is C8H24N4Si. The van der Waals surface area contributed by atoms with Gasteiger partial charge in [0.2, 0.25) is 0 Å². The minimum Gasteiger partial charge on any atom is -0.303 e. The van der Waals surface area contributed by atoms with Gasteiger partial charge in [0.15, 0.2) is 0 Å². The highest BCUT2D eigenvalue weighted by Crippen LogP contribution is 2.10. The summed E-state index contributed by atoms with van der Waals surface area (Å²) in [5, 5.41) is 0. The first-order valence-corrected chi connectivity index (χ1v) is 6.71. The van der Waals surface area contributed by atoms with Gasteiger partial charge in [-0.2, -0.15) is 0 Å². The van der Waals surface area contributed by atoms with Crippen molar-refractivity contribution in [1.29, 1.82) is 0 Å². The lowest BCUT2D eigenvalue weighted by Crippen LogP contribution is -2.79. The summed E-state index contributed by atoms with van der Waals surface area (Å²) in [6, 6.07) is 0. The predicted molar refractivity (Wildman–Crippen MR) is 60.4 cm³/mol. The maximum atomic E-state index is 3.53. The second-order valence-corrected chi connectivity index (χ2v) is 7.77. The van der Waals surface area contributed by atoms with E-state index in [-0.39, 0.29) is 0 Å². The quantitative estimate of drug-likeness (QED) is 0.465. The molecular weight excluding hydrogens is 180 g/mol. The molecule has 0 fully saturated rings. The fourth-order valence-corrected chi connectivity index (χ4v) is 3.11. The zero-order valence-corrected chi connectivity index (χ0v) is 10.7. The van der Waals surface area contributed by atoms with E-state index in [2.05, 4.69) is 40.7 Å². The summed E-state index contributed by atoms with van der Waals surface area (Å²) in [6.07, 6.45) is 0. The highest BCUT2D eigenvalue weighted by Gasteiger charge is 2.30. The van der Waals surface area contributed by atoms with Gasteiger partial charge in [0, 0.05) is 0 Å². The van der Waals surface area contributed by atoms with Gasteiger partial charge in [0.25, 0.3) is 0 Å². The molecule has 0 heterocycles. The zero-order valence-electron chi connectivity index (χ0n) is 9.71. The summed E-state index contributed by atoms with van der Waals surface area (Å²) in [4.78, 5) is 13.4. The molecule has 0 rings (SSSR count). The van der Waals surface area contributed by atoms with Crippen LogP contribution in [0.25, 0.3) is 0 Å². The third kappa shape index (κ3) is 4.73. The van der Waals surface area contributed by atoms with E-state index in [9.17, 15) is 0 Å². The summed E-state index contributed by atoms with van der Waals surface area (Å²) in [6.45, 7) is 7.65. The lowest BCUT2D eigenvalue weighted by Gasteiger charge is -2.32.